The molecule has 1 aliphatic rings. The fourth-order valence-electron chi connectivity index (χ4n) is 3.33. The van der Waals surface area contributed by atoms with Crippen LogP contribution in [0.5, 0.6) is 11.5 Å². The van der Waals surface area contributed by atoms with Gasteiger partial charge in [-0.1, -0.05) is 36.4 Å². The molecule has 1 atom stereocenters. The van der Waals surface area contributed by atoms with Crippen molar-refractivity contribution in [3.05, 3.63) is 65.2 Å². The Morgan fingerprint density at radius 3 is 2.73 bits per heavy atom. The van der Waals surface area contributed by atoms with Gasteiger partial charge in [-0.3, -0.25) is 4.79 Å². The predicted octanol–water partition coefficient (Wildman–Crippen LogP) is 4.52. The van der Waals surface area contributed by atoms with E-state index in [9.17, 15) is 4.79 Å². The van der Waals surface area contributed by atoms with Crippen molar-refractivity contribution in [3.8, 4) is 17.6 Å². The zero-order valence-corrected chi connectivity index (χ0v) is 14.8. The molecule has 0 unspecified atom stereocenters. The summed E-state index contributed by atoms with van der Waals surface area (Å²) in [5.41, 5.74) is 2.82. The third-order valence-corrected chi connectivity index (χ3v) is 4.59. The summed E-state index contributed by atoms with van der Waals surface area (Å²) in [6.45, 7) is -0.0337. The molecular formula is C22H21NO3. The molecule has 0 radical (unpaired) electrons. The number of ether oxygens (including phenoxy) is 2. The monoisotopic (exact) mass is 347 g/mol. The number of Topliss-reactive ketones (excluding diaryl/α,β-unsaturated/α-hetero) is 1. The van der Waals surface area contributed by atoms with E-state index < -0.39 is 0 Å². The molecule has 0 spiro atoms. The van der Waals surface area contributed by atoms with Gasteiger partial charge in [0.15, 0.2) is 23.9 Å². The molecule has 0 heterocycles. The second kappa shape index (κ2) is 8.35. The maximum absolute atomic E-state index is 12.9. The van der Waals surface area contributed by atoms with Crippen LogP contribution < -0.4 is 9.47 Å². The van der Waals surface area contributed by atoms with Crippen LogP contribution in [0.2, 0.25) is 0 Å². The number of nitriles is 1. The highest BCUT2D eigenvalue weighted by Gasteiger charge is 2.27. The van der Waals surface area contributed by atoms with Crippen LogP contribution in [0, 0.1) is 11.3 Å². The number of carbonyl (C=O) groups is 1. The van der Waals surface area contributed by atoms with Gasteiger partial charge in [0.2, 0.25) is 0 Å². The van der Waals surface area contributed by atoms with Crippen molar-refractivity contribution in [2.75, 3.05) is 13.7 Å². The van der Waals surface area contributed by atoms with Gasteiger partial charge in [0.1, 0.15) is 6.07 Å². The summed E-state index contributed by atoms with van der Waals surface area (Å²) >= 11 is 0. The summed E-state index contributed by atoms with van der Waals surface area (Å²) in [7, 11) is 1.56. The maximum atomic E-state index is 12.9. The number of ketones is 1. The highest BCUT2D eigenvalue weighted by Crippen LogP contribution is 2.35. The van der Waals surface area contributed by atoms with Crippen molar-refractivity contribution in [1.29, 1.82) is 5.26 Å². The Balaban J connectivity index is 1.85. The fraction of sp³-hybridized carbons (Fsp3) is 0.273. The van der Waals surface area contributed by atoms with Gasteiger partial charge in [-0.2, -0.15) is 5.26 Å². The summed E-state index contributed by atoms with van der Waals surface area (Å²) < 4.78 is 10.7. The van der Waals surface area contributed by atoms with Crippen LogP contribution in [0.25, 0.3) is 6.08 Å². The van der Waals surface area contributed by atoms with E-state index in [1.165, 1.54) is 0 Å². The summed E-state index contributed by atoms with van der Waals surface area (Å²) in [5.74, 6) is 1.22. The highest BCUT2D eigenvalue weighted by atomic mass is 16.5. The molecule has 1 fully saturated rings. The molecule has 26 heavy (non-hydrogen) atoms. The molecule has 3 rings (SSSR count). The lowest BCUT2D eigenvalue weighted by Crippen LogP contribution is -2.19. The smallest absolute Gasteiger partial charge is 0.174 e. The van der Waals surface area contributed by atoms with Crippen LogP contribution >= 0.6 is 0 Å². The number of rotatable bonds is 5. The minimum atomic E-state index is -0.0590. The summed E-state index contributed by atoms with van der Waals surface area (Å²) in [5, 5.41) is 8.65. The summed E-state index contributed by atoms with van der Waals surface area (Å²) in [4.78, 5) is 12.9. The van der Waals surface area contributed by atoms with Crippen molar-refractivity contribution in [1.82, 2.24) is 0 Å². The van der Waals surface area contributed by atoms with Gasteiger partial charge >= 0.3 is 0 Å². The average molecular weight is 347 g/mol. The molecule has 0 aromatic heterocycles. The third-order valence-electron chi connectivity index (χ3n) is 4.59. The Morgan fingerprint density at radius 1 is 1.19 bits per heavy atom. The Morgan fingerprint density at radius 2 is 2.00 bits per heavy atom. The molecule has 0 amide bonds. The molecule has 1 saturated carbocycles. The number of nitrogens with zero attached hydrogens (tertiary/aromatic N) is 1. The Kier molecular flexibility index (Phi) is 5.70. The largest absolute Gasteiger partial charge is 0.493 e. The number of methoxy groups -OCH3 is 1. The van der Waals surface area contributed by atoms with E-state index in [1.54, 1.807) is 13.2 Å². The normalized spacial score (nSPS) is 18.4. The molecule has 2 aromatic carbocycles. The highest BCUT2D eigenvalue weighted by molar-refractivity contribution is 6.04. The first-order valence-corrected chi connectivity index (χ1v) is 8.70. The van der Waals surface area contributed by atoms with Gasteiger partial charge in [0, 0.05) is 5.92 Å². The van der Waals surface area contributed by atoms with Crippen molar-refractivity contribution in [3.63, 3.8) is 0 Å². The molecule has 4 nitrogen and oxygen atoms in total. The van der Waals surface area contributed by atoms with E-state index in [0.29, 0.717) is 11.5 Å². The van der Waals surface area contributed by atoms with Gasteiger partial charge in [-0.15, -0.1) is 0 Å². The minimum Gasteiger partial charge on any atom is -0.493 e. The number of hydrogen-bond acceptors (Lipinski definition) is 4. The van der Waals surface area contributed by atoms with E-state index in [0.717, 1.165) is 36.0 Å². The Labute approximate surface area is 153 Å². The molecule has 132 valence electrons. The number of benzene rings is 2. The lowest BCUT2D eigenvalue weighted by molar-refractivity contribution is -0.117. The van der Waals surface area contributed by atoms with E-state index in [2.05, 4.69) is 0 Å². The standard InChI is InChI=1S/C22H21NO3/c1-25-21-15-16(10-11-20(21)26-13-12-23)14-18-8-5-9-19(22(18)24)17-6-3-2-4-7-17/h2-4,6-7,10-11,14-15,19H,5,8-9,13H2,1H3/b18-14+/t19-/m0/s1. The van der Waals surface area contributed by atoms with Crippen molar-refractivity contribution >= 4 is 11.9 Å². The quantitative estimate of drug-likeness (QED) is 0.746. The number of carbonyl (C=O) groups excluding carboxylic acids is 1. The average Bonchev–Trinajstić information content (AvgIpc) is 2.69. The predicted molar refractivity (Wildman–Crippen MR) is 100 cm³/mol. The zero-order chi connectivity index (χ0) is 18.4. The molecule has 0 aliphatic heterocycles. The van der Waals surface area contributed by atoms with E-state index in [1.807, 2.05) is 54.6 Å². The van der Waals surface area contributed by atoms with E-state index >= 15 is 0 Å². The van der Waals surface area contributed by atoms with Crippen molar-refractivity contribution in [2.45, 2.75) is 25.2 Å². The topological polar surface area (TPSA) is 59.3 Å². The lowest BCUT2D eigenvalue weighted by atomic mass is 9.79. The van der Waals surface area contributed by atoms with Gasteiger partial charge in [-0.05, 0) is 54.2 Å². The molecule has 1 aliphatic carbocycles. The maximum Gasteiger partial charge on any atom is 0.174 e. The van der Waals surface area contributed by atoms with Crippen LogP contribution in [0.4, 0.5) is 0 Å². The molecular weight excluding hydrogens is 326 g/mol. The first-order valence-electron chi connectivity index (χ1n) is 8.70. The van der Waals surface area contributed by atoms with Crippen molar-refractivity contribution in [2.24, 2.45) is 0 Å². The first-order chi connectivity index (χ1) is 12.7. The van der Waals surface area contributed by atoms with E-state index in [-0.39, 0.29) is 18.3 Å². The first kappa shape index (κ1) is 17.8. The lowest BCUT2D eigenvalue weighted by Gasteiger charge is -2.23. The second-order valence-corrected chi connectivity index (χ2v) is 6.25. The van der Waals surface area contributed by atoms with Gasteiger partial charge in [0.05, 0.1) is 7.11 Å². The minimum absolute atomic E-state index is 0.0337. The number of hydrogen-bond donors (Lipinski definition) is 0. The Bertz CT molecular complexity index is 849. The third kappa shape index (κ3) is 3.94. The second-order valence-electron chi connectivity index (χ2n) is 6.25. The summed E-state index contributed by atoms with van der Waals surface area (Å²) in [6.07, 6.45) is 4.62. The molecule has 0 bridgehead atoms. The van der Waals surface area contributed by atoms with Gasteiger partial charge < -0.3 is 9.47 Å². The van der Waals surface area contributed by atoms with Crippen LogP contribution in [0.3, 0.4) is 0 Å². The Hall–Kier alpha value is -3.06. The molecule has 0 N–H and O–H groups in total. The molecule has 4 heteroatoms. The molecule has 2 aromatic rings. The van der Waals surface area contributed by atoms with Crippen molar-refractivity contribution < 1.29 is 14.3 Å². The van der Waals surface area contributed by atoms with Crippen LogP contribution in [0.15, 0.2) is 54.1 Å². The summed E-state index contributed by atoms with van der Waals surface area (Å²) in [6, 6.07) is 17.4. The van der Waals surface area contributed by atoms with Crippen LogP contribution in [-0.4, -0.2) is 19.5 Å². The van der Waals surface area contributed by atoms with Crippen LogP contribution in [0.1, 0.15) is 36.3 Å². The van der Waals surface area contributed by atoms with Crippen LogP contribution in [-0.2, 0) is 4.79 Å². The fourth-order valence-corrected chi connectivity index (χ4v) is 3.33. The molecule has 0 saturated heterocycles. The SMILES string of the molecule is COc1cc(/C=C2\CCC[C@@H](c3ccccc3)C2=O)ccc1OCC#N. The van der Waals surface area contributed by atoms with Gasteiger partial charge in [0.25, 0.3) is 0 Å². The van der Waals surface area contributed by atoms with E-state index in [4.69, 9.17) is 14.7 Å². The van der Waals surface area contributed by atoms with Gasteiger partial charge in [-0.25, -0.2) is 0 Å². The zero-order valence-electron chi connectivity index (χ0n) is 14.8. The number of allylic oxidation sites excluding steroid dienone is 1.